The van der Waals surface area contributed by atoms with Gasteiger partial charge in [-0.25, -0.2) is 15.0 Å². The Hall–Kier alpha value is -2.87. The highest BCUT2D eigenvalue weighted by molar-refractivity contribution is 9.10. The van der Waals surface area contributed by atoms with E-state index in [2.05, 4.69) is 35.9 Å². The minimum atomic E-state index is -0.0701. The van der Waals surface area contributed by atoms with Gasteiger partial charge in [-0.3, -0.25) is 9.78 Å². The third-order valence-electron chi connectivity index (χ3n) is 5.99. The SMILES string of the molecule is Cc1cnc(-c2ncccn2)c(C(=O)N2C[C@@H]3CC[C@H]2[C@H](Oc2ccc(Br)cn2)C3)c1. The van der Waals surface area contributed by atoms with E-state index in [1.807, 2.05) is 30.0 Å². The van der Waals surface area contributed by atoms with Crippen LogP contribution in [0.3, 0.4) is 0 Å². The molecule has 3 fully saturated rings. The number of rotatable bonds is 4. The van der Waals surface area contributed by atoms with Crippen molar-refractivity contribution in [3.05, 3.63) is 64.7 Å². The first-order valence-corrected chi connectivity index (χ1v) is 11.2. The van der Waals surface area contributed by atoms with E-state index in [4.69, 9.17) is 4.74 Å². The summed E-state index contributed by atoms with van der Waals surface area (Å²) in [5.41, 5.74) is 1.99. The second-order valence-electron chi connectivity index (χ2n) is 8.16. The molecule has 7 nitrogen and oxygen atoms in total. The number of hydrogen-bond acceptors (Lipinski definition) is 6. The topological polar surface area (TPSA) is 81.1 Å². The molecule has 3 atom stereocenters. The van der Waals surface area contributed by atoms with Crippen molar-refractivity contribution in [2.24, 2.45) is 5.92 Å². The van der Waals surface area contributed by atoms with Crippen molar-refractivity contribution in [3.63, 3.8) is 0 Å². The van der Waals surface area contributed by atoms with E-state index in [9.17, 15) is 4.79 Å². The number of amides is 1. The molecule has 1 amide bonds. The molecular formula is C23H22BrN5O2. The van der Waals surface area contributed by atoms with Gasteiger partial charge in [-0.15, -0.1) is 0 Å². The molecule has 3 aromatic rings. The summed E-state index contributed by atoms with van der Waals surface area (Å²) in [5, 5.41) is 0. The zero-order valence-electron chi connectivity index (χ0n) is 17.1. The molecule has 0 unspecified atom stereocenters. The summed E-state index contributed by atoms with van der Waals surface area (Å²) < 4.78 is 7.14. The summed E-state index contributed by atoms with van der Waals surface area (Å²) >= 11 is 3.40. The molecule has 0 aromatic carbocycles. The standard InChI is InChI=1S/C23H22BrN5O2/c1-14-9-17(21(28-11-14)22-25-7-2-8-26-22)23(30)29-13-15-3-5-18(29)19(10-15)31-20-6-4-16(24)12-27-20/h2,4,6-9,11-12,15,18-19H,3,5,10,13H2,1H3/t15-,18+,19-/m1/s1. The van der Waals surface area contributed by atoms with Crippen LogP contribution in [-0.4, -0.2) is 49.4 Å². The molecule has 2 bridgehead atoms. The molecule has 5 heterocycles. The third kappa shape index (κ3) is 4.04. The molecule has 1 aliphatic carbocycles. The van der Waals surface area contributed by atoms with Crippen molar-refractivity contribution < 1.29 is 9.53 Å². The van der Waals surface area contributed by atoms with Crippen LogP contribution in [0.1, 0.15) is 35.2 Å². The Morgan fingerprint density at radius 3 is 2.71 bits per heavy atom. The second-order valence-corrected chi connectivity index (χ2v) is 9.07. The Balaban J connectivity index is 1.44. The molecular weight excluding hydrogens is 458 g/mol. The number of hydrogen-bond donors (Lipinski definition) is 0. The van der Waals surface area contributed by atoms with Gasteiger partial charge in [-0.05, 0) is 71.8 Å². The Morgan fingerprint density at radius 1 is 1.13 bits per heavy atom. The van der Waals surface area contributed by atoms with Crippen molar-refractivity contribution >= 4 is 21.8 Å². The van der Waals surface area contributed by atoms with Gasteiger partial charge in [0.25, 0.3) is 5.91 Å². The fraction of sp³-hybridized carbons (Fsp3) is 0.348. The maximum Gasteiger partial charge on any atom is 0.256 e. The van der Waals surface area contributed by atoms with Crippen molar-refractivity contribution in [1.82, 2.24) is 24.8 Å². The zero-order valence-corrected chi connectivity index (χ0v) is 18.7. The summed E-state index contributed by atoms with van der Waals surface area (Å²) in [6.07, 6.45) is 9.70. The summed E-state index contributed by atoms with van der Waals surface area (Å²) in [6, 6.07) is 7.41. The number of nitrogens with zero attached hydrogens (tertiary/aromatic N) is 5. The van der Waals surface area contributed by atoms with Crippen molar-refractivity contribution in [2.45, 2.75) is 38.3 Å². The fourth-order valence-electron chi connectivity index (χ4n) is 4.57. The molecule has 2 aliphatic heterocycles. The lowest BCUT2D eigenvalue weighted by Gasteiger charge is -2.49. The predicted molar refractivity (Wildman–Crippen MR) is 119 cm³/mol. The first kappa shape index (κ1) is 20.1. The van der Waals surface area contributed by atoms with Gasteiger partial charge in [0.2, 0.25) is 5.88 Å². The van der Waals surface area contributed by atoms with Crippen molar-refractivity contribution in [2.75, 3.05) is 6.54 Å². The first-order chi connectivity index (χ1) is 15.1. The predicted octanol–water partition coefficient (Wildman–Crippen LogP) is 4.08. The number of carbonyl (C=O) groups is 1. The van der Waals surface area contributed by atoms with E-state index < -0.39 is 0 Å². The summed E-state index contributed by atoms with van der Waals surface area (Å²) in [6.45, 7) is 2.67. The van der Waals surface area contributed by atoms with Gasteiger partial charge in [0, 0.05) is 41.9 Å². The highest BCUT2D eigenvalue weighted by atomic mass is 79.9. The number of halogens is 1. The lowest BCUT2D eigenvalue weighted by atomic mass is 9.77. The van der Waals surface area contributed by atoms with Crippen molar-refractivity contribution in [3.8, 4) is 17.4 Å². The minimum absolute atomic E-state index is 0.00741. The molecule has 158 valence electrons. The molecule has 0 N–H and O–H groups in total. The maximum absolute atomic E-state index is 13.7. The quantitative estimate of drug-likeness (QED) is 0.560. The van der Waals surface area contributed by atoms with Crippen LogP contribution in [0.2, 0.25) is 0 Å². The number of fused-ring (bicyclic) bond motifs is 3. The zero-order chi connectivity index (χ0) is 21.4. The Kier molecular flexibility index (Phi) is 5.40. The molecule has 1 saturated carbocycles. The van der Waals surface area contributed by atoms with Gasteiger partial charge in [0.15, 0.2) is 5.82 Å². The van der Waals surface area contributed by atoms with Gasteiger partial charge in [-0.1, -0.05) is 0 Å². The molecule has 6 rings (SSSR count). The lowest BCUT2D eigenvalue weighted by Crippen LogP contribution is -2.59. The smallest absolute Gasteiger partial charge is 0.256 e. The van der Waals surface area contributed by atoms with Gasteiger partial charge < -0.3 is 9.64 Å². The van der Waals surface area contributed by atoms with Gasteiger partial charge in [0.1, 0.15) is 11.8 Å². The molecule has 3 aliphatic rings. The van der Waals surface area contributed by atoms with Crippen LogP contribution in [0.4, 0.5) is 0 Å². The highest BCUT2D eigenvalue weighted by Gasteiger charge is 2.45. The minimum Gasteiger partial charge on any atom is -0.472 e. The van der Waals surface area contributed by atoms with E-state index in [1.54, 1.807) is 30.9 Å². The molecule has 2 saturated heterocycles. The Morgan fingerprint density at radius 2 is 1.97 bits per heavy atom. The summed E-state index contributed by atoms with van der Waals surface area (Å²) in [7, 11) is 0. The Labute approximate surface area is 189 Å². The highest BCUT2D eigenvalue weighted by Crippen LogP contribution is 2.38. The van der Waals surface area contributed by atoms with Crippen LogP contribution in [0.15, 0.2) is 53.5 Å². The number of aryl methyl sites for hydroxylation is 1. The molecule has 0 radical (unpaired) electrons. The van der Waals surface area contributed by atoms with E-state index in [-0.39, 0.29) is 18.1 Å². The van der Waals surface area contributed by atoms with Gasteiger partial charge in [-0.2, -0.15) is 0 Å². The molecule has 3 aromatic heterocycles. The van der Waals surface area contributed by atoms with Crippen molar-refractivity contribution in [1.29, 1.82) is 0 Å². The normalized spacial score (nSPS) is 22.4. The average Bonchev–Trinajstić information content (AvgIpc) is 2.81. The molecule has 31 heavy (non-hydrogen) atoms. The number of pyridine rings is 2. The summed E-state index contributed by atoms with van der Waals surface area (Å²) in [5.74, 6) is 1.43. The molecule has 0 spiro atoms. The fourth-order valence-corrected chi connectivity index (χ4v) is 4.80. The van der Waals surface area contributed by atoms with E-state index in [1.165, 1.54) is 0 Å². The van der Waals surface area contributed by atoms with Crippen LogP contribution < -0.4 is 4.74 Å². The maximum atomic E-state index is 13.7. The Bertz CT molecular complexity index is 1090. The number of ether oxygens (including phenoxy) is 1. The summed E-state index contributed by atoms with van der Waals surface area (Å²) in [4.78, 5) is 33.2. The van der Waals surface area contributed by atoms with Crippen LogP contribution in [0.5, 0.6) is 5.88 Å². The average molecular weight is 480 g/mol. The number of aromatic nitrogens is 4. The lowest BCUT2D eigenvalue weighted by molar-refractivity contribution is -0.0313. The largest absolute Gasteiger partial charge is 0.472 e. The van der Waals surface area contributed by atoms with Crippen LogP contribution in [-0.2, 0) is 0 Å². The monoisotopic (exact) mass is 479 g/mol. The van der Waals surface area contributed by atoms with E-state index in [0.29, 0.717) is 28.9 Å². The van der Waals surface area contributed by atoms with E-state index >= 15 is 0 Å². The second kappa shape index (κ2) is 8.34. The molecule has 8 heteroatoms. The first-order valence-electron chi connectivity index (χ1n) is 10.4. The third-order valence-corrected chi connectivity index (χ3v) is 6.46. The number of carbonyl (C=O) groups excluding carboxylic acids is 1. The van der Waals surface area contributed by atoms with E-state index in [0.717, 1.165) is 35.8 Å². The number of piperidine rings is 2. The van der Waals surface area contributed by atoms with Gasteiger partial charge >= 0.3 is 0 Å². The van der Waals surface area contributed by atoms with Gasteiger partial charge in [0.05, 0.1) is 11.6 Å². The van der Waals surface area contributed by atoms with Crippen LogP contribution in [0, 0.1) is 12.8 Å². The van der Waals surface area contributed by atoms with Crippen LogP contribution in [0.25, 0.3) is 11.5 Å². The van der Waals surface area contributed by atoms with Crippen LogP contribution >= 0.6 is 15.9 Å².